The Labute approximate surface area is 212 Å². The number of rotatable bonds is 11. The third kappa shape index (κ3) is 6.60. The Hall–Kier alpha value is -3.47. The number of ether oxygens (including phenoxy) is 3. The average Bonchev–Trinajstić information content (AvgIpc) is 3.32. The topological polar surface area (TPSA) is 114 Å². The number of carbonyl (C=O) groups excluding carboxylic acids is 2. The number of carbonyl (C=O) groups is 2. The molecule has 2 aromatic rings. The molecule has 11 heteroatoms. The van der Waals surface area contributed by atoms with Crippen molar-refractivity contribution in [3.63, 3.8) is 0 Å². The van der Waals surface area contributed by atoms with E-state index in [0.717, 1.165) is 22.5 Å². The zero-order chi connectivity index (χ0) is 26.5. The Balaban J connectivity index is 1.90. The molecule has 1 aliphatic rings. The highest BCUT2D eigenvalue weighted by atomic mass is 32.2. The smallest absolute Gasteiger partial charge is 0.244 e. The molecular formula is C25H33N3O7S. The lowest BCUT2D eigenvalue weighted by molar-refractivity contribution is -0.139. The van der Waals surface area contributed by atoms with Crippen molar-refractivity contribution in [3.8, 4) is 17.2 Å². The number of hydrogen-bond acceptors (Lipinski definition) is 7. The summed E-state index contributed by atoms with van der Waals surface area (Å²) in [5, 5.41) is 2.90. The van der Waals surface area contributed by atoms with E-state index in [1.54, 1.807) is 50.4 Å². The largest absolute Gasteiger partial charge is 0.497 e. The summed E-state index contributed by atoms with van der Waals surface area (Å²) in [5.74, 6) is 0.700. The van der Waals surface area contributed by atoms with E-state index in [0.29, 0.717) is 17.2 Å². The fourth-order valence-corrected chi connectivity index (χ4v) is 4.47. The molecule has 36 heavy (non-hydrogen) atoms. The molecule has 1 aliphatic heterocycles. The zero-order valence-corrected chi connectivity index (χ0v) is 22.0. The van der Waals surface area contributed by atoms with Crippen LogP contribution in [0.15, 0.2) is 42.5 Å². The quantitative estimate of drug-likeness (QED) is 0.485. The summed E-state index contributed by atoms with van der Waals surface area (Å²) < 4.78 is 42.3. The van der Waals surface area contributed by atoms with Gasteiger partial charge in [0.2, 0.25) is 28.6 Å². The molecule has 0 aliphatic carbocycles. The molecule has 0 radical (unpaired) electrons. The van der Waals surface area contributed by atoms with Crippen LogP contribution in [0.25, 0.3) is 0 Å². The van der Waals surface area contributed by atoms with E-state index in [1.165, 1.54) is 11.0 Å². The van der Waals surface area contributed by atoms with Crippen molar-refractivity contribution in [2.24, 2.45) is 0 Å². The SMILES string of the molecule is CC[C@@H](C)NC(=O)[C@H](C)N(Cc1ccc(OC)cc1)C(=O)CN(c1ccc2c(c1)OCO2)S(C)(=O)=O. The van der Waals surface area contributed by atoms with Gasteiger partial charge in [0, 0.05) is 18.7 Å². The maximum Gasteiger partial charge on any atom is 0.244 e. The van der Waals surface area contributed by atoms with Gasteiger partial charge in [-0.25, -0.2) is 8.42 Å². The molecule has 0 saturated heterocycles. The highest BCUT2D eigenvalue weighted by molar-refractivity contribution is 7.92. The van der Waals surface area contributed by atoms with E-state index in [1.807, 2.05) is 13.8 Å². The van der Waals surface area contributed by atoms with Crippen LogP contribution < -0.4 is 23.8 Å². The minimum Gasteiger partial charge on any atom is -0.497 e. The van der Waals surface area contributed by atoms with Crippen LogP contribution in [0.2, 0.25) is 0 Å². The molecule has 1 heterocycles. The number of methoxy groups -OCH3 is 1. The summed E-state index contributed by atoms with van der Waals surface area (Å²) in [6.45, 7) is 5.11. The average molecular weight is 520 g/mol. The standard InChI is InChI=1S/C25H33N3O7S/c1-6-17(2)26-25(30)18(3)27(14-19-7-10-21(33-4)11-8-19)24(29)15-28(36(5,31)32)20-9-12-22-23(13-20)35-16-34-22/h7-13,17-18H,6,14-16H2,1-5H3,(H,26,30)/t17-,18+/m1/s1. The normalized spacial score (nSPS) is 14.0. The molecule has 2 aromatic carbocycles. The molecule has 2 amide bonds. The summed E-state index contributed by atoms with van der Waals surface area (Å²) in [6.07, 6.45) is 1.76. The maximum absolute atomic E-state index is 13.6. The van der Waals surface area contributed by atoms with E-state index in [9.17, 15) is 18.0 Å². The number of hydrogen-bond donors (Lipinski definition) is 1. The summed E-state index contributed by atoms with van der Waals surface area (Å²) in [6, 6.07) is 10.9. The molecule has 10 nitrogen and oxygen atoms in total. The lowest BCUT2D eigenvalue weighted by Crippen LogP contribution is -2.52. The van der Waals surface area contributed by atoms with Gasteiger partial charge in [-0.2, -0.15) is 0 Å². The van der Waals surface area contributed by atoms with Crippen molar-refractivity contribution >= 4 is 27.5 Å². The van der Waals surface area contributed by atoms with E-state index in [-0.39, 0.29) is 31.0 Å². The van der Waals surface area contributed by atoms with E-state index in [4.69, 9.17) is 14.2 Å². The molecule has 196 valence electrons. The molecule has 0 saturated carbocycles. The summed E-state index contributed by atoms with van der Waals surface area (Å²) in [7, 11) is -2.28. The molecule has 0 aromatic heterocycles. The Morgan fingerprint density at radius 3 is 2.36 bits per heavy atom. The number of nitrogens with zero attached hydrogens (tertiary/aromatic N) is 2. The van der Waals surface area contributed by atoms with E-state index < -0.39 is 28.5 Å². The van der Waals surface area contributed by atoms with Crippen LogP contribution in [-0.2, 0) is 26.2 Å². The van der Waals surface area contributed by atoms with Gasteiger partial charge in [0.1, 0.15) is 18.3 Å². The predicted octanol–water partition coefficient (Wildman–Crippen LogP) is 2.52. The Morgan fingerprint density at radius 2 is 1.75 bits per heavy atom. The van der Waals surface area contributed by atoms with Crippen molar-refractivity contribution < 1.29 is 32.2 Å². The number of nitrogens with one attached hydrogen (secondary N) is 1. The fourth-order valence-electron chi connectivity index (χ4n) is 3.63. The van der Waals surface area contributed by atoms with Crippen LogP contribution in [0.5, 0.6) is 17.2 Å². The van der Waals surface area contributed by atoms with Gasteiger partial charge in [-0.15, -0.1) is 0 Å². The molecule has 0 fully saturated rings. The Morgan fingerprint density at radius 1 is 1.08 bits per heavy atom. The van der Waals surface area contributed by atoms with Crippen LogP contribution in [-0.4, -0.2) is 63.9 Å². The first-order valence-electron chi connectivity index (χ1n) is 11.6. The third-order valence-corrected chi connectivity index (χ3v) is 7.14. The van der Waals surface area contributed by atoms with Gasteiger partial charge in [0.05, 0.1) is 19.1 Å². The zero-order valence-electron chi connectivity index (χ0n) is 21.2. The number of fused-ring (bicyclic) bond motifs is 1. The van der Waals surface area contributed by atoms with E-state index in [2.05, 4.69) is 5.32 Å². The summed E-state index contributed by atoms with van der Waals surface area (Å²) >= 11 is 0. The van der Waals surface area contributed by atoms with Gasteiger partial charge < -0.3 is 24.4 Å². The highest BCUT2D eigenvalue weighted by Crippen LogP contribution is 2.36. The van der Waals surface area contributed by atoms with Gasteiger partial charge in [0.15, 0.2) is 11.5 Å². The Kier molecular flexibility index (Phi) is 8.67. The van der Waals surface area contributed by atoms with E-state index >= 15 is 0 Å². The third-order valence-electron chi connectivity index (χ3n) is 6.00. The summed E-state index contributed by atoms with van der Waals surface area (Å²) in [5.41, 5.74) is 1.03. The highest BCUT2D eigenvalue weighted by Gasteiger charge is 2.31. The van der Waals surface area contributed by atoms with Crippen LogP contribution >= 0.6 is 0 Å². The van der Waals surface area contributed by atoms with Crippen molar-refractivity contribution in [2.75, 3.05) is 31.0 Å². The van der Waals surface area contributed by atoms with Crippen molar-refractivity contribution in [1.82, 2.24) is 10.2 Å². The minimum atomic E-state index is -3.84. The molecule has 1 N–H and O–H groups in total. The number of amides is 2. The lowest BCUT2D eigenvalue weighted by Gasteiger charge is -2.32. The van der Waals surface area contributed by atoms with Crippen LogP contribution in [0.4, 0.5) is 5.69 Å². The molecular weight excluding hydrogens is 486 g/mol. The van der Waals surface area contributed by atoms with Gasteiger partial charge in [-0.1, -0.05) is 19.1 Å². The monoisotopic (exact) mass is 519 g/mol. The van der Waals surface area contributed by atoms with Crippen LogP contribution in [0.1, 0.15) is 32.8 Å². The van der Waals surface area contributed by atoms with Gasteiger partial charge in [0.25, 0.3) is 0 Å². The fraction of sp³-hybridized carbons (Fsp3) is 0.440. The van der Waals surface area contributed by atoms with Crippen molar-refractivity contribution in [2.45, 2.75) is 45.8 Å². The van der Waals surface area contributed by atoms with Gasteiger partial charge in [-0.05, 0) is 50.1 Å². The first kappa shape index (κ1) is 27.1. The molecule has 3 rings (SSSR count). The Bertz CT molecular complexity index is 1180. The van der Waals surface area contributed by atoms with Crippen LogP contribution in [0, 0.1) is 0 Å². The second-order valence-corrected chi connectivity index (χ2v) is 10.6. The number of sulfonamides is 1. The minimum absolute atomic E-state index is 0.0367. The maximum atomic E-state index is 13.6. The number of anilines is 1. The van der Waals surface area contributed by atoms with Gasteiger partial charge >= 0.3 is 0 Å². The molecule has 2 atom stereocenters. The first-order valence-corrected chi connectivity index (χ1v) is 13.5. The van der Waals surface area contributed by atoms with Crippen LogP contribution in [0.3, 0.4) is 0 Å². The first-order chi connectivity index (χ1) is 17.0. The lowest BCUT2D eigenvalue weighted by atomic mass is 10.1. The molecule has 0 bridgehead atoms. The molecule has 0 unspecified atom stereocenters. The summed E-state index contributed by atoms with van der Waals surface area (Å²) in [4.78, 5) is 27.9. The number of benzene rings is 2. The van der Waals surface area contributed by atoms with Gasteiger partial charge in [-0.3, -0.25) is 13.9 Å². The molecule has 0 spiro atoms. The predicted molar refractivity (Wildman–Crippen MR) is 136 cm³/mol. The second kappa shape index (κ2) is 11.5. The van der Waals surface area contributed by atoms with Crippen molar-refractivity contribution in [1.29, 1.82) is 0 Å². The van der Waals surface area contributed by atoms with Crippen molar-refractivity contribution in [3.05, 3.63) is 48.0 Å². The second-order valence-electron chi connectivity index (χ2n) is 8.67.